The topological polar surface area (TPSA) is 23.6 Å². The van der Waals surface area contributed by atoms with Crippen LogP contribution in [-0.2, 0) is 4.79 Å². The Labute approximate surface area is 104 Å². The Kier molecular flexibility index (Phi) is 2.89. The van der Waals surface area contributed by atoms with Gasteiger partial charge < -0.3 is 9.80 Å². The standard InChI is InChI=1S/C14H24N2O/c1-15-5-3-4-13(15)9-16(2)14(17)12-7-10-6-11(10)8-12/h10-13H,3-9H2,1-2H3. The second-order valence-electron chi connectivity index (χ2n) is 6.42. The minimum absolute atomic E-state index is 0.357. The van der Waals surface area contributed by atoms with Crippen LogP contribution in [0.5, 0.6) is 0 Å². The predicted molar refractivity (Wildman–Crippen MR) is 67.6 cm³/mol. The van der Waals surface area contributed by atoms with Gasteiger partial charge in [0.05, 0.1) is 0 Å². The van der Waals surface area contributed by atoms with E-state index in [1.165, 1.54) is 38.6 Å². The predicted octanol–water partition coefficient (Wildman–Crippen LogP) is 1.59. The van der Waals surface area contributed by atoms with Gasteiger partial charge in [0.15, 0.2) is 0 Å². The minimum atomic E-state index is 0.357. The Bertz CT molecular complexity index is 307. The monoisotopic (exact) mass is 236 g/mol. The molecule has 1 heterocycles. The summed E-state index contributed by atoms with van der Waals surface area (Å²) in [5, 5.41) is 0. The number of likely N-dealkylation sites (N-methyl/N-ethyl adjacent to an activating group) is 2. The van der Waals surface area contributed by atoms with E-state index in [2.05, 4.69) is 11.9 Å². The first-order valence-corrected chi connectivity index (χ1v) is 7.10. The molecule has 1 aliphatic heterocycles. The zero-order chi connectivity index (χ0) is 12.0. The Morgan fingerprint density at radius 2 is 2.00 bits per heavy atom. The molecule has 1 saturated heterocycles. The number of amides is 1. The third kappa shape index (κ3) is 2.22. The summed E-state index contributed by atoms with van der Waals surface area (Å²) in [6.45, 7) is 2.13. The van der Waals surface area contributed by atoms with Crippen LogP contribution < -0.4 is 0 Å². The number of carbonyl (C=O) groups excluding carboxylic acids is 1. The van der Waals surface area contributed by atoms with E-state index in [4.69, 9.17) is 0 Å². The normalized spacial score (nSPS) is 40.4. The Morgan fingerprint density at radius 1 is 1.29 bits per heavy atom. The zero-order valence-electron chi connectivity index (χ0n) is 11.1. The molecule has 3 unspecified atom stereocenters. The molecule has 3 rings (SSSR count). The first-order chi connectivity index (χ1) is 8.15. The van der Waals surface area contributed by atoms with E-state index in [1.807, 2.05) is 11.9 Å². The van der Waals surface area contributed by atoms with Crippen LogP contribution >= 0.6 is 0 Å². The van der Waals surface area contributed by atoms with E-state index in [1.54, 1.807) is 0 Å². The van der Waals surface area contributed by atoms with Crippen LogP contribution in [0.3, 0.4) is 0 Å². The molecule has 3 nitrogen and oxygen atoms in total. The molecular weight excluding hydrogens is 212 g/mol. The summed E-state index contributed by atoms with van der Waals surface area (Å²) in [5.74, 6) is 2.59. The van der Waals surface area contributed by atoms with Gasteiger partial charge in [0.1, 0.15) is 0 Å². The van der Waals surface area contributed by atoms with Crippen molar-refractivity contribution in [3.8, 4) is 0 Å². The highest BCUT2D eigenvalue weighted by Crippen LogP contribution is 2.54. The van der Waals surface area contributed by atoms with Crippen molar-refractivity contribution < 1.29 is 4.79 Å². The van der Waals surface area contributed by atoms with Crippen molar-refractivity contribution in [3.05, 3.63) is 0 Å². The highest BCUT2D eigenvalue weighted by Gasteiger charge is 2.48. The summed E-state index contributed by atoms with van der Waals surface area (Å²) in [6, 6.07) is 0.597. The van der Waals surface area contributed by atoms with Crippen LogP contribution in [0.15, 0.2) is 0 Å². The van der Waals surface area contributed by atoms with E-state index in [0.717, 1.165) is 18.4 Å². The molecule has 0 aromatic carbocycles. The van der Waals surface area contributed by atoms with Crippen molar-refractivity contribution in [3.63, 3.8) is 0 Å². The molecule has 96 valence electrons. The number of fused-ring (bicyclic) bond motifs is 1. The summed E-state index contributed by atoms with van der Waals surface area (Å²) < 4.78 is 0. The second kappa shape index (κ2) is 4.27. The molecule has 0 radical (unpaired) electrons. The van der Waals surface area contributed by atoms with Crippen LogP contribution in [0.2, 0.25) is 0 Å². The summed E-state index contributed by atoms with van der Waals surface area (Å²) in [7, 11) is 4.18. The van der Waals surface area contributed by atoms with Crippen molar-refractivity contribution in [2.45, 2.75) is 38.1 Å². The molecule has 0 aromatic rings. The maximum absolute atomic E-state index is 12.3. The lowest BCUT2D eigenvalue weighted by atomic mass is 10.0. The molecule has 2 saturated carbocycles. The molecule has 3 atom stereocenters. The molecule has 2 aliphatic carbocycles. The van der Waals surface area contributed by atoms with E-state index < -0.39 is 0 Å². The second-order valence-corrected chi connectivity index (χ2v) is 6.42. The number of rotatable bonds is 3. The minimum Gasteiger partial charge on any atom is -0.344 e. The summed E-state index contributed by atoms with van der Waals surface area (Å²) >= 11 is 0. The third-order valence-electron chi connectivity index (χ3n) is 5.13. The highest BCUT2D eigenvalue weighted by molar-refractivity contribution is 5.79. The molecule has 17 heavy (non-hydrogen) atoms. The average Bonchev–Trinajstić information content (AvgIpc) is 2.72. The summed E-state index contributed by atoms with van der Waals surface area (Å²) in [6.07, 6.45) is 6.29. The molecule has 3 fully saturated rings. The number of carbonyl (C=O) groups is 1. The van der Waals surface area contributed by atoms with E-state index in [-0.39, 0.29) is 0 Å². The largest absolute Gasteiger partial charge is 0.344 e. The fourth-order valence-corrected chi connectivity index (χ4v) is 3.84. The van der Waals surface area contributed by atoms with E-state index >= 15 is 0 Å². The molecule has 0 N–H and O–H groups in total. The lowest BCUT2D eigenvalue weighted by Crippen LogP contribution is -2.41. The molecule has 0 bridgehead atoms. The third-order valence-corrected chi connectivity index (χ3v) is 5.13. The summed E-state index contributed by atoms with van der Waals surface area (Å²) in [4.78, 5) is 16.7. The van der Waals surface area contributed by atoms with Gasteiger partial charge in [0.2, 0.25) is 5.91 Å². The Morgan fingerprint density at radius 3 is 2.59 bits per heavy atom. The van der Waals surface area contributed by atoms with Crippen LogP contribution in [0.25, 0.3) is 0 Å². The SMILES string of the molecule is CN(CC1CCCN1C)C(=O)C1CC2CC2C1. The quantitative estimate of drug-likeness (QED) is 0.743. The van der Waals surface area contributed by atoms with Gasteiger partial charge in [-0.05, 0) is 57.5 Å². The van der Waals surface area contributed by atoms with Gasteiger partial charge in [-0.25, -0.2) is 0 Å². The highest BCUT2D eigenvalue weighted by atomic mass is 16.2. The van der Waals surface area contributed by atoms with Crippen LogP contribution in [0.1, 0.15) is 32.1 Å². The molecule has 0 aromatic heterocycles. The van der Waals surface area contributed by atoms with Crippen LogP contribution in [0, 0.1) is 17.8 Å². The molecule has 3 aliphatic rings. The number of likely N-dealkylation sites (tertiary alicyclic amines) is 1. The number of hydrogen-bond donors (Lipinski definition) is 0. The molecular formula is C14H24N2O. The zero-order valence-corrected chi connectivity index (χ0v) is 11.1. The fourth-order valence-electron chi connectivity index (χ4n) is 3.84. The summed E-state index contributed by atoms with van der Waals surface area (Å²) in [5.41, 5.74) is 0. The van der Waals surface area contributed by atoms with Gasteiger partial charge >= 0.3 is 0 Å². The Hall–Kier alpha value is -0.570. The van der Waals surface area contributed by atoms with Crippen molar-refractivity contribution in [1.82, 2.24) is 9.80 Å². The van der Waals surface area contributed by atoms with Crippen molar-refractivity contribution in [1.29, 1.82) is 0 Å². The number of hydrogen-bond acceptors (Lipinski definition) is 2. The van der Waals surface area contributed by atoms with Gasteiger partial charge in [0, 0.05) is 25.6 Å². The maximum atomic E-state index is 12.3. The van der Waals surface area contributed by atoms with Crippen molar-refractivity contribution in [2.75, 3.05) is 27.2 Å². The van der Waals surface area contributed by atoms with Crippen LogP contribution in [0.4, 0.5) is 0 Å². The van der Waals surface area contributed by atoms with Crippen molar-refractivity contribution in [2.24, 2.45) is 17.8 Å². The molecule has 1 amide bonds. The smallest absolute Gasteiger partial charge is 0.225 e. The fraction of sp³-hybridized carbons (Fsp3) is 0.929. The number of nitrogens with zero attached hydrogens (tertiary/aromatic N) is 2. The maximum Gasteiger partial charge on any atom is 0.225 e. The first-order valence-electron chi connectivity index (χ1n) is 7.10. The van der Waals surface area contributed by atoms with Gasteiger partial charge in [0.25, 0.3) is 0 Å². The molecule has 3 heteroatoms. The Balaban J connectivity index is 1.51. The van der Waals surface area contributed by atoms with Gasteiger partial charge in [-0.3, -0.25) is 4.79 Å². The van der Waals surface area contributed by atoms with Crippen LogP contribution in [-0.4, -0.2) is 48.9 Å². The first kappa shape index (κ1) is 11.5. The average molecular weight is 236 g/mol. The lowest BCUT2D eigenvalue weighted by Gasteiger charge is -2.28. The van der Waals surface area contributed by atoms with E-state index in [0.29, 0.717) is 17.9 Å². The van der Waals surface area contributed by atoms with Gasteiger partial charge in [-0.15, -0.1) is 0 Å². The van der Waals surface area contributed by atoms with Gasteiger partial charge in [-0.1, -0.05) is 0 Å². The lowest BCUT2D eigenvalue weighted by molar-refractivity contribution is -0.134. The molecule has 0 spiro atoms. The van der Waals surface area contributed by atoms with Crippen molar-refractivity contribution >= 4 is 5.91 Å². The van der Waals surface area contributed by atoms with Gasteiger partial charge in [-0.2, -0.15) is 0 Å². The van der Waals surface area contributed by atoms with E-state index in [9.17, 15) is 4.79 Å².